The number of rotatable bonds is 9. The highest BCUT2D eigenvalue weighted by molar-refractivity contribution is 6.77. The Kier molecular flexibility index (Phi) is 9.32. The van der Waals surface area contributed by atoms with Crippen molar-refractivity contribution >= 4 is 19.9 Å². The molecule has 0 bridgehead atoms. The molecule has 0 saturated carbocycles. The Morgan fingerprint density at radius 2 is 1.55 bits per heavy atom. The fourth-order valence-corrected chi connectivity index (χ4v) is 9.11. The summed E-state index contributed by atoms with van der Waals surface area (Å²) in [4.78, 5) is 0. The van der Waals surface area contributed by atoms with Gasteiger partial charge in [-0.25, -0.2) is 0 Å². The van der Waals surface area contributed by atoms with Gasteiger partial charge in [-0.1, -0.05) is 53.2 Å². The molecule has 20 heavy (non-hydrogen) atoms. The fourth-order valence-electron chi connectivity index (χ4n) is 3.36. The minimum absolute atomic E-state index is 0.0397. The molecule has 0 fully saturated rings. The topological polar surface area (TPSA) is 29.5 Å². The molecule has 0 rings (SSSR count). The quantitative estimate of drug-likeness (QED) is 0.363. The van der Waals surface area contributed by atoms with Crippen molar-refractivity contribution in [2.24, 2.45) is 0 Å². The Morgan fingerprint density at radius 3 is 1.85 bits per heavy atom. The van der Waals surface area contributed by atoms with Gasteiger partial charge < -0.3 is 9.53 Å². The maximum absolute atomic E-state index is 9.01. The van der Waals surface area contributed by atoms with Crippen LogP contribution < -0.4 is 0 Å². The van der Waals surface area contributed by atoms with Crippen molar-refractivity contribution in [1.29, 1.82) is 0 Å². The lowest BCUT2D eigenvalue weighted by atomic mass is 10.2. The van der Waals surface area contributed by atoms with E-state index >= 15 is 0 Å². The molecule has 0 heterocycles. The third-order valence-corrected chi connectivity index (χ3v) is 10.6. The third kappa shape index (κ3) is 5.17. The van der Waals surface area contributed by atoms with Crippen LogP contribution in [-0.2, 0) is 4.43 Å². The molecule has 120 valence electrons. The summed E-state index contributed by atoms with van der Waals surface area (Å²) in [6.07, 6.45) is 2.75. The normalized spacial score (nSPS) is 15.5. The summed E-state index contributed by atoms with van der Waals surface area (Å²) in [6, 6.07) is 0. The molecule has 1 unspecified atom stereocenters. The first-order valence-corrected chi connectivity index (χ1v) is 10.4. The second-order valence-corrected chi connectivity index (χ2v) is 12.3. The lowest BCUT2D eigenvalue weighted by Crippen LogP contribution is -2.50. The van der Waals surface area contributed by atoms with Gasteiger partial charge in [0, 0.05) is 6.61 Å². The first-order valence-electron chi connectivity index (χ1n) is 7.74. The monoisotopic (exact) mass is 320 g/mol. The predicted octanol–water partition coefficient (Wildman–Crippen LogP) is 5.11. The number of halogens is 1. The summed E-state index contributed by atoms with van der Waals surface area (Å²) < 4.78 is 6.64. The average molecular weight is 321 g/mol. The lowest BCUT2D eigenvalue weighted by Gasteiger charge is -2.44. The van der Waals surface area contributed by atoms with E-state index in [0.717, 1.165) is 5.57 Å². The molecule has 0 aromatic rings. The van der Waals surface area contributed by atoms with Crippen molar-refractivity contribution in [1.82, 2.24) is 0 Å². The molecule has 1 N–H and O–H groups in total. The van der Waals surface area contributed by atoms with Crippen LogP contribution in [-0.4, -0.2) is 32.0 Å². The van der Waals surface area contributed by atoms with Gasteiger partial charge in [0.1, 0.15) is 0 Å². The predicted molar refractivity (Wildman–Crippen MR) is 92.1 cm³/mol. The molecule has 0 aliphatic carbocycles. The number of hydrogen-bond donors (Lipinski definition) is 1. The minimum Gasteiger partial charge on any atom is -0.409 e. The Morgan fingerprint density at radius 1 is 1.10 bits per heavy atom. The molecule has 0 aliphatic rings. The minimum atomic E-state index is -1.89. The van der Waals surface area contributed by atoms with Crippen molar-refractivity contribution in [2.75, 3.05) is 12.5 Å². The number of hydrogen-bond acceptors (Lipinski definition) is 2. The molecule has 2 nitrogen and oxygen atoms in total. The van der Waals surface area contributed by atoms with Crippen LogP contribution in [0.25, 0.3) is 0 Å². The van der Waals surface area contributed by atoms with Gasteiger partial charge in [0.2, 0.25) is 8.32 Å². The third-order valence-electron chi connectivity index (χ3n) is 4.19. The smallest absolute Gasteiger partial charge is 0.201 e. The van der Waals surface area contributed by atoms with E-state index in [1.54, 1.807) is 0 Å². The zero-order chi connectivity index (χ0) is 15.9. The maximum atomic E-state index is 9.01. The Labute approximate surface area is 131 Å². The van der Waals surface area contributed by atoms with E-state index in [1.165, 1.54) is 0 Å². The van der Waals surface area contributed by atoms with Gasteiger partial charge in [-0.2, -0.15) is 0 Å². The van der Waals surface area contributed by atoms with Crippen LogP contribution in [0.2, 0.25) is 16.6 Å². The molecule has 1 atom stereocenters. The van der Waals surface area contributed by atoms with Crippen LogP contribution in [0.15, 0.2) is 11.6 Å². The molecule has 0 spiro atoms. The molecular weight excluding hydrogens is 288 g/mol. The summed E-state index contributed by atoms with van der Waals surface area (Å²) in [5, 5.41) is 9.01. The highest BCUT2D eigenvalue weighted by atomic mass is 35.5. The van der Waals surface area contributed by atoms with Crippen molar-refractivity contribution in [3.05, 3.63) is 11.6 Å². The van der Waals surface area contributed by atoms with Crippen molar-refractivity contribution in [3.8, 4) is 0 Å². The molecule has 0 radical (unpaired) electrons. The molecular formula is C16H33ClO2Si. The van der Waals surface area contributed by atoms with Gasteiger partial charge in [0.25, 0.3) is 0 Å². The number of aliphatic hydroxyl groups is 1. The highest BCUT2D eigenvalue weighted by Gasteiger charge is 2.46. The summed E-state index contributed by atoms with van der Waals surface area (Å²) in [7, 11) is -1.89. The van der Waals surface area contributed by atoms with E-state index in [9.17, 15) is 0 Å². The summed E-state index contributed by atoms with van der Waals surface area (Å²) in [6.45, 7) is 15.9. The van der Waals surface area contributed by atoms with Gasteiger partial charge in [-0.3, -0.25) is 0 Å². The van der Waals surface area contributed by atoms with Gasteiger partial charge in [0.15, 0.2) is 0 Å². The molecule has 0 aliphatic heterocycles. The van der Waals surface area contributed by atoms with Crippen LogP contribution in [0.1, 0.15) is 54.9 Å². The van der Waals surface area contributed by atoms with Gasteiger partial charge in [0.05, 0.1) is 12.0 Å². The largest absolute Gasteiger partial charge is 0.409 e. The van der Waals surface area contributed by atoms with Crippen LogP contribution in [0.5, 0.6) is 0 Å². The van der Waals surface area contributed by atoms with Crippen LogP contribution >= 0.6 is 11.6 Å². The number of alkyl halides is 1. The zero-order valence-corrected chi connectivity index (χ0v) is 16.0. The van der Waals surface area contributed by atoms with Gasteiger partial charge in [-0.15, -0.1) is 11.6 Å². The summed E-state index contributed by atoms with van der Waals surface area (Å²) in [5.41, 5.74) is 2.82. The SMILES string of the molecule is C/C(=C/C(CCl)O[Si](C(C)C)(C(C)C)C(C)C)CCO. The Balaban J connectivity index is 5.27. The molecule has 0 saturated heterocycles. The molecule has 0 aromatic carbocycles. The standard InChI is InChI=1S/C16H33ClO2Si/c1-12(2)20(13(3)4,14(5)6)19-16(11-17)10-15(7)8-9-18/h10,12-14,16,18H,8-9,11H2,1-7H3/b15-10-. The fraction of sp³-hybridized carbons (Fsp3) is 0.875. The maximum Gasteiger partial charge on any atom is 0.201 e. The number of aliphatic hydroxyl groups excluding tert-OH is 1. The summed E-state index contributed by atoms with van der Waals surface area (Å²) in [5.74, 6) is 0.476. The highest BCUT2D eigenvalue weighted by Crippen LogP contribution is 2.43. The van der Waals surface area contributed by atoms with E-state index in [-0.39, 0.29) is 12.7 Å². The van der Waals surface area contributed by atoms with E-state index in [2.05, 4.69) is 47.6 Å². The van der Waals surface area contributed by atoms with Crippen LogP contribution in [0.3, 0.4) is 0 Å². The second-order valence-electron chi connectivity index (χ2n) is 6.61. The first kappa shape index (κ1) is 20.2. The Hall–Kier alpha value is 0.167. The lowest BCUT2D eigenvalue weighted by molar-refractivity contribution is 0.235. The van der Waals surface area contributed by atoms with Gasteiger partial charge in [-0.05, 0) is 30.0 Å². The first-order chi connectivity index (χ1) is 9.22. The van der Waals surface area contributed by atoms with E-state index < -0.39 is 8.32 Å². The Bertz CT molecular complexity index is 279. The molecule has 0 aromatic heterocycles. The van der Waals surface area contributed by atoms with E-state index in [4.69, 9.17) is 21.1 Å². The van der Waals surface area contributed by atoms with Crippen molar-refractivity contribution < 1.29 is 9.53 Å². The zero-order valence-electron chi connectivity index (χ0n) is 14.2. The second kappa shape index (κ2) is 9.24. The summed E-state index contributed by atoms with van der Waals surface area (Å²) >= 11 is 6.12. The molecule has 4 heteroatoms. The molecule has 0 amide bonds. The van der Waals surface area contributed by atoms with E-state index in [1.807, 2.05) is 6.92 Å². The van der Waals surface area contributed by atoms with Crippen molar-refractivity contribution in [2.45, 2.75) is 77.6 Å². The van der Waals surface area contributed by atoms with Crippen LogP contribution in [0.4, 0.5) is 0 Å². The average Bonchev–Trinajstić information content (AvgIpc) is 2.33. The van der Waals surface area contributed by atoms with Gasteiger partial charge >= 0.3 is 0 Å². The van der Waals surface area contributed by atoms with E-state index in [0.29, 0.717) is 28.9 Å². The van der Waals surface area contributed by atoms with Crippen LogP contribution in [0, 0.1) is 0 Å². The van der Waals surface area contributed by atoms with Crippen molar-refractivity contribution in [3.63, 3.8) is 0 Å².